The maximum atomic E-state index is 5.91. The summed E-state index contributed by atoms with van der Waals surface area (Å²) in [5, 5.41) is 0. The Morgan fingerprint density at radius 3 is 2.83 bits per heavy atom. The van der Waals surface area contributed by atoms with E-state index in [0.717, 1.165) is 12.8 Å². The number of hydrogen-bond acceptors (Lipinski definition) is 2. The number of fused-ring (bicyclic) bond motifs is 2. The molecule has 2 rings (SSSR count). The molecule has 0 radical (unpaired) electrons. The molecule has 2 atom stereocenters. The van der Waals surface area contributed by atoms with Gasteiger partial charge in [0.15, 0.2) is 0 Å². The van der Waals surface area contributed by atoms with Crippen LogP contribution < -0.4 is 0 Å². The molecule has 0 amide bonds. The Hall–Kier alpha value is -0.500. The molecule has 2 bridgehead atoms. The van der Waals surface area contributed by atoms with Gasteiger partial charge in [0, 0.05) is 0 Å². The fraction of sp³-hybridized carbons (Fsp3) is 0.800. The Kier molecular flexibility index (Phi) is 1.52. The summed E-state index contributed by atoms with van der Waals surface area (Å²) in [6.07, 6.45) is 6.29. The van der Waals surface area contributed by atoms with Gasteiger partial charge in [-0.25, -0.2) is 0 Å². The van der Waals surface area contributed by atoms with Crippen LogP contribution >= 0.6 is 0 Å². The van der Waals surface area contributed by atoms with Crippen molar-refractivity contribution in [1.29, 1.82) is 0 Å². The number of hydrogen-bond donors (Lipinski definition) is 0. The monoisotopic (exact) mass is 168 g/mol. The fourth-order valence-corrected chi connectivity index (χ4v) is 1.90. The second-order valence-electron chi connectivity index (χ2n) is 4.48. The number of ether oxygens (including phenoxy) is 2. The molecule has 0 aromatic carbocycles. The van der Waals surface area contributed by atoms with Gasteiger partial charge in [-0.1, -0.05) is 0 Å². The lowest BCUT2D eigenvalue weighted by Crippen LogP contribution is -2.37. The molecule has 0 N–H and O–H groups in total. The van der Waals surface area contributed by atoms with Crippen LogP contribution in [0, 0.1) is 0 Å². The summed E-state index contributed by atoms with van der Waals surface area (Å²) >= 11 is 0. The maximum Gasteiger partial charge on any atom is 0.129 e. The van der Waals surface area contributed by atoms with E-state index in [1.54, 1.807) is 6.26 Å². The van der Waals surface area contributed by atoms with Crippen LogP contribution in [0.2, 0.25) is 0 Å². The Bertz CT molecular complexity index is 220. The predicted molar refractivity (Wildman–Crippen MR) is 46.8 cm³/mol. The van der Waals surface area contributed by atoms with Gasteiger partial charge >= 0.3 is 0 Å². The zero-order valence-electron chi connectivity index (χ0n) is 7.96. The summed E-state index contributed by atoms with van der Waals surface area (Å²) in [6, 6.07) is 0. The van der Waals surface area contributed by atoms with E-state index < -0.39 is 0 Å². The average molecular weight is 168 g/mol. The first-order valence-electron chi connectivity index (χ1n) is 4.55. The number of rotatable bonds is 0. The molecule has 12 heavy (non-hydrogen) atoms. The Balaban J connectivity index is 2.28. The van der Waals surface area contributed by atoms with Gasteiger partial charge in [0.2, 0.25) is 0 Å². The van der Waals surface area contributed by atoms with Crippen molar-refractivity contribution in [2.75, 3.05) is 0 Å². The second kappa shape index (κ2) is 2.25. The van der Waals surface area contributed by atoms with Crippen LogP contribution in [0.1, 0.15) is 33.6 Å². The highest BCUT2D eigenvalue weighted by molar-refractivity contribution is 5.07. The first-order chi connectivity index (χ1) is 5.52. The summed E-state index contributed by atoms with van der Waals surface area (Å²) in [7, 11) is 0. The Morgan fingerprint density at radius 2 is 2.08 bits per heavy atom. The van der Waals surface area contributed by atoms with E-state index in [-0.39, 0.29) is 17.3 Å². The van der Waals surface area contributed by atoms with Crippen molar-refractivity contribution in [2.45, 2.75) is 50.9 Å². The zero-order chi connectivity index (χ0) is 8.82. The van der Waals surface area contributed by atoms with E-state index in [2.05, 4.69) is 20.8 Å². The summed E-state index contributed by atoms with van der Waals surface area (Å²) in [5.41, 5.74) is -0.233. The molecule has 0 saturated carbocycles. The smallest absolute Gasteiger partial charge is 0.129 e. The molecule has 2 heteroatoms. The molecule has 0 aliphatic carbocycles. The minimum absolute atomic E-state index is 0.0710. The van der Waals surface area contributed by atoms with Gasteiger partial charge in [0.25, 0.3) is 0 Å². The van der Waals surface area contributed by atoms with Gasteiger partial charge in [-0.3, -0.25) is 0 Å². The predicted octanol–water partition coefficient (Wildman–Crippen LogP) is 2.25. The normalized spacial score (nSPS) is 43.8. The Morgan fingerprint density at radius 1 is 1.33 bits per heavy atom. The molecule has 2 unspecified atom stereocenters. The van der Waals surface area contributed by atoms with Gasteiger partial charge < -0.3 is 9.47 Å². The highest BCUT2D eigenvalue weighted by Crippen LogP contribution is 2.39. The maximum absolute atomic E-state index is 5.91. The van der Waals surface area contributed by atoms with E-state index in [9.17, 15) is 0 Å². The SMILES string of the molecule is CC12C=COC(C)(C)C(CC1)O2. The first kappa shape index (κ1) is 8.11. The van der Waals surface area contributed by atoms with Crippen molar-refractivity contribution in [3.05, 3.63) is 12.3 Å². The van der Waals surface area contributed by atoms with Crippen LogP contribution in [-0.2, 0) is 9.47 Å². The molecule has 2 heterocycles. The molecular weight excluding hydrogens is 152 g/mol. The quantitative estimate of drug-likeness (QED) is 0.552. The van der Waals surface area contributed by atoms with Gasteiger partial charge in [-0.2, -0.15) is 0 Å². The van der Waals surface area contributed by atoms with Crippen LogP contribution in [0.15, 0.2) is 12.3 Å². The van der Waals surface area contributed by atoms with Crippen LogP contribution in [0.5, 0.6) is 0 Å². The van der Waals surface area contributed by atoms with Crippen molar-refractivity contribution in [3.63, 3.8) is 0 Å². The minimum atomic E-state index is -0.162. The largest absolute Gasteiger partial charge is 0.493 e. The Labute approximate surface area is 73.5 Å². The summed E-state index contributed by atoms with van der Waals surface area (Å²) in [6.45, 7) is 6.28. The highest BCUT2D eigenvalue weighted by Gasteiger charge is 2.44. The van der Waals surface area contributed by atoms with Gasteiger partial charge in [0.05, 0.1) is 18.0 Å². The first-order valence-corrected chi connectivity index (χ1v) is 4.55. The molecule has 0 aromatic rings. The molecule has 2 nitrogen and oxygen atoms in total. The molecular formula is C10H16O2. The van der Waals surface area contributed by atoms with Crippen LogP contribution in [-0.4, -0.2) is 17.3 Å². The van der Waals surface area contributed by atoms with Crippen LogP contribution in [0.3, 0.4) is 0 Å². The summed E-state index contributed by atoms with van der Waals surface area (Å²) in [5.74, 6) is 0. The third-order valence-corrected chi connectivity index (χ3v) is 2.88. The molecule has 2 aliphatic heterocycles. The van der Waals surface area contributed by atoms with Crippen molar-refractivity contribution in [1.82, 2.24) is 0 Å². The van der Waals surface area contributed by atoms with Gasteiger partial charge in [0.1, 0.15) is 5.60 Å². The lowest BCUT2D eigenvalue weighted by molar-refractivity contribution is -0.0905. The van der Waals surface area contributed by atoms with Gasteiger partial charge in [-0.05, 0) is 39.7 Å². The molecule has 1 saturated heterocycles. The molecule has 0 spiro atoms. The molecule has 68 valence electrons. The second-order valence-corrected chi connectivity index (χ2v) is 4.48. The van der Waals surface area contributed by atoms with Crippen molar-refractivity contribution >= 4 is 0 Å². The average Bonchev–Trinajstić information content (AvgIpc) is 2.27. The third-order valence-electron chi connectivity index (χ3n) is 2.88. The highest BCUT2D eigenvalue weighted by atomic mass is 16.6. The summed E-state index contributed by atoms with van der Waals surface area (Å²) in [4.78, 5) is 0. The van der Waals surface area contributed by atoms with Gasteiger partial charge in [-0.15, -0.1) is 0 Å². The zero-order valence-corrected chi connectivity index (χ0v) is 7.96. The fourth-order valence-electron chi connectivity index (χ4n) is 1.90. The van der Waals surface area contributed by atoms with E-state index in [1.807, 2.05) is 6.08 Å². The molecule has 1 fully saturated rings. The van der Waals surface area contributed by atoms with Crippen molar-refractivity contribution < 1.29 is 9.47 Å². The van der Waals surface area contributed by atoms with E-state index >= 15 is 0 Å². The lowest BCUT2D eigenvalue weighted by atomic mass is 9.95. The summed E-state index contributed by atoms with van der Waals surface area (Å²) < 4.78 is 11.5. The van der Waals surface area contributed by atoms with E-state index in [1.165, 1.54) is 0 Å². The topological polar surface area (TPSA) is 18.5 Å². The van der Waals surface area contributed by atoms with Crippen molar-refractivity contribution in [2.24, 2.45) is 0 Å². The molecule has 2 aliphatic rings. The van der Waals surface area contributed by atoms with Crippen LogP contribution in [0.4, 0.5) is 0 Å². The van der Waals surface area contributed by atoms with Crippen LogP contribution in [0.25, 0.3) is 0 Å². The minimum Gasteiger partial charge on any atom is -0.493 e. The molecule has 0 aromatic heterocycles. The van der Waals surface area contributed by atoms with E-state index in [0.29, 0.717) is 0 Å². The standard InChI is InChI=1S/C10H16O2/c1-9(2)8-4-5-10(3,12-8)6-7-11-9/h6-8H,4-5H2,1-3H3. The van der Waals surface area contributed by atoms with E-state index in [4.69, 9.17) is 9.47 Å². The van der Waals surface area contributed by atoms with Crippen molar-refractivity contribution in [3.8, 4) is 0 Å². The lowest BCUT2D eigenvalue weighted by Gasteiger charge is -2.29. The third kappa shape index (κ3) is 1.14.